The van der Waals surface area contributed by atoms with E-state index in [-0.39, 0.29) is 17.2 Å². The van der Waals surface area contributed by atoms with Crippen molar-refractivity contribution in [2.24, 2.45) is 4.36 Å². The van der Waals surface area contributed by atoms with Gasteiger partial charge in [-0.3, -0.25) is 0 Å². The molecule has 1 aromatic carbocycles. The summed E-state index contributed by atoms with van der Waals surface area (Å²) < 4.78 is 37.8. The molecular weight excluding hydrogens is 172 g/mol. The lowest BCUT2D eigenvalue weighted by molar-refractivity contribution is 0.585. The second-order valence-corrected chi connectivity index (χ2v) is 2.09. The topological polar surface area (TPSA) is 29.4 Å². The van der Waals surface area contributed by atoms with Crippen LogP contribution >= 0.6 is 0 Å². The predicted octanol–water partition coefficient (Wildman–Crippen LogP) is 1.99. The second-order valence-electron chi connectivity index (χ2n) is 1.76. The van der Waals surface area contributed by atoms with Crippen LogP contribution in [-0.4, -0.2) is 4.21 Å². The minimum atomic E-state index is -0.826. The molecule has 0 unspecified atom stereocenters. The van der Waals surface area contributed by atoms with E-state index in [1.807, 2.05) is 0 Å². The first kappa shape index (κ1) is 8.00. The second kappa shape index (κ2) is 3.34. The number of halogens is 2. The van der Waals surface area contributed by atoms with Crippen LogP contribution in [0, 0.1) is 11.6 Å². The molecule has 0 heterocycles. The van der Waals surface area contributed by atoms with Crippen LogP contribution < -0.4 is 0 Å². The lowest BCUT2D eigenvalue weighted by Gasteiger charge is -1.91. The van der Waals surface area contributed by atoms with Gasteiger partial charge in [0.15, 0.2) is 5.82 Å². The van der Waals surface area contributed by atoms with Crippen molar-refractivity contribution in [3.63, 3.8) is 0 Å². The fourth-order valence-corrected chi connectivity index (χ4v) is 0.824. The monoisotopic (exact) mass is 175 g/mol. The zero-order valence-corrected chi connectivity index (χ0v) is 6.07. The molecule has 0 saturated carbocycles. The van der Waals surface area contributed by atoms with Crippen LogP contribution in [0.1, 0.15) is 0 Å². The lowest BCUT2D eigenvalue weighted by atomic mass is 10.3. The normalized spacial score (nSPS) is 9.27. The van der Waals surface area contributed by atoms with E-state index < -0.39 is 11.6 Å². The first-order valence-corrected chi connectivity index (χ1v) is 3.39. The van der Waals surface area contributed by atoms with E-state index in [0.717, 1.165) is 12.1 Å². The van der Waals surface area contributed by atoms with Crippen LogP contribution in [0.4, 0.5) is 14.5 Å². The van der Waals surface area contributed by atoms with Gasteiger partial charge in [0.25, 0.3) is 0 Å². The van der Waals surface area contributed by atoms with E-state index in [4.69, 9.17) is 0 Å². The molecule has 0 aromatic heterocycles. The Morgan fingerprint density at radius 1 is 1.36 bits per heavy atom. The molecule has 0 amide bonds. The first-order valence-electron chi connectivity index (χ1n) is 2.69. The molecule has 0 bridgehead atoms. The summed E-state index contributed by atoms with van der Waals surface area (Å²) in [6, 6.07) is 2.82. The molecule has 58 valence electrons. The number of hydrogen-bond donors (Lipinski definition) is 0. The van der Waals surface area contributed by atoms with Gasteiger partial charge in [0.05, 0.1) is 0 Å². The SMILES string of the molecule is O=S=Nc1ccc(F)cc1F. The maximum Gasteiger partial charge on any atom is 0.205 e. The van der Waals surface area contributed by atoms with Crippen LogP contribution in [0.25, 0.3) is 0 Å². The van der Waals surface area contributed by atoms with Gasteiger partial charge in [0.2, 0.25) is 11.5 Å². The van der Waals surface area contributed by atoms with Crippen LogP contribution in [0.3, 0.4) is 0 Å². The van der Waals surface area contributed by atoms with E-state index in [9.17, 15) is 13.0 Å². The van der Waals surface area contributed by atoms with Gasteiger partial charge in [0.1, 0.15) is 11.5 Å². The molecule has 0 saturated heterocycles. The molecule has 1 rings (SSSR count). The fraction of sp³-hybridized carbons (Fsp3) is 0. The number of benzene rings is 1. The summed E-state index contributed by atoms with van der Waals surface area (Å²) in [4.78, 5) is 0. The van der Waals surface area contributed by atoms with E-state index in [1.165, 1.54) is 0 Å². The van der Waals surface area contributed by atoms with Gasteiger partial charge in [-0.2, -0.15) is 8.57 Å². The summed E-state index contributed by atoms with van der Waals surface area (Å²) in [5.74, 6) is -1.51. The largest absolute Gasteiger partial charge is 0.207 e. The molecule has 0 aliphatic carbocycles. The van der Waals surface area contributed by atoms with E-state index >= 15 is 0 Å². The highest BCUT2D eigenvalue weighted by molar-refractivity contribution is 7.54. The van der Waals surface area contributed by atoms with Gasteiger partial charge in [-0.05, 0) is 12.1 Å². The molecule has 0 aliphatic heterocycles. The van der Waals surface area contributed by atoms with Crippen molar-refractivity contribution in [3.05, 3.63) is 29.8 Å². The van der Waals surface area contributed by atoms with Crippen molar-refractivity contribution in [3.8, 4) is 0 Å². The molecule has 0 N–H and O–H groups in total. The Hall–Kier alpha value is -1.10. The highest BCUT2D eigenvalue weighted by Crippen LogP contribution is 2.17. The third-order valence-corrected chi connectivity index (χ3v) is 1.32. The molecule has 1 aromatic rings. The maximum atomic E-state index is 12.6. The summed E-state index contributed by atoms with van der Waals surface area (Å²) in [7, 11) is 0. The van der Waals surface area contributed by atoms with Gasteiger partial charge < -0.3 is 0 Å². The van der Waals surface area contributed by atoms with Gasteiger partial charge in [-0.25, -0.2) is 8.78 Å². The van der Waals surface area contributed by atoms with Crippen LogP contribution in [0.15, 0.2) is 22.6 Å². The number of hydrogen-bond acceptors (Lipinski definition) is 2. The lowest BCUT2D eigenvalue weighted by Crippen LogP contribution is -1.77. The van der Waals surface area contributed by atoms with Crippen molar-refractivity contribution in [2.75, 3.05) is 0 Å². The smallest absolute Gasteiger partial charge is 0.205 e. The first-order chi connectivity index (χ1) is 5.24. The highest BCUT2D eigenvalue weighted by atomic mass is 32.1. The van der Waals surface area contributed by atoms with E-state index in [2.05, 4.69) is 4.36 Å². The number of rotatable bonds is 1. The summed E-state index contributed by atoms with van der Waals surface area (Å²) in [5.41, 5.74) is -0.133. The van der Waals surface area contributed by atoms with Crippen LogP contribution in [0.2, 0.25) is 0 Å². The van der Waals surface area contributed by atoms with Crippen molar-refractivity contribution >= 4 is 17.2 Å². The van der Waals surface area contributed by atoms with E-state index in [0.29, 0.717) is 6.07 Å². The highest BCUT2D eigenvalue weighted by Gasteiger charge is 2.00. The van der Waals surface area contributed by atoms with Gasteiger partial charge in [-0.15, -0.1) is 0 Å². The molecule has 0 aliphatic rings. The van der Waals surface area contributed by atoms with E-state index in [1.54, 1.807) is 0 Å². The Kier molecular flexibility index (Phi) is 2.43. The third-order valence-electron chi connectivity index (χ3n) is 1.05. The molecular formula is C6H3F2NOS. The summed E-state index contributed by atoms with van der Waals surface area (Å²) in [5, 5.41) is 0. The average Bonchev–Trinajstić information content (AvgIpc) is 1.95. The fourth-order valence-electron chi connectivity index (χ4n) is 0.595. The minimum Gasteiger partial charge on any atom is -0.207 e. The van der Waals surface area contributed by atoms with Crippen LogP contribution in [0.5, 0.6) is 0 Å². The summed E-state index contributed by atoms with van der Waals surface area (Å²) >= 11 is -0.113. The van der Waals surface area contributed by atoms with Crippen LogP contribution in [-0.2, 0) is 11.5 Å². The Balaban J connectivity index is 3.19. The number of nitrogens with zero attached hydrogens (tertiary/aromatic N) is 1. The molecule has 0 radical (unpaired) electrons. The van der Waals surface area contributed by atoms with Crippen molar-refractivity contribution < 1.29 is 13.0 Å². The predicted molar refractivity (Wildman–Crippen MR) is 36.6 cm³/mol. The maximum absolute atomic E-state index is 12.6. The average molecular weight is 175 g/mol. The third kappa shape index (κ3) is 1.91. The Morgan fingerprint density at radius 3 is 2.64 bits per heavy atom. The summed E-state index contributed by atoms with van der Waals surface area (Å²) in [6.45, 7) is 0. The molecule has 0 fully saturated rings. The standard InChI is InChI=1S/C6H3F2NOS/c7-4-1-2-6(9-11-10)5(8)3-4/h1-3H. The Morgan fingerprint density at radius 2 is 2.09 bits per heavy atom. The Labute approximate surface area is 65.1 Å². The molecule has 11 heavy (non-hydrogen) atoms. The Bertz CT molecular complexity index is 322. The summed E-state index contributed by atoms with van der Waals surface area (Å²) in [6.07, 6.45) is 0. The van der Waals surface area contributed by atoms with Crippen molar-refractivity contribution in [1.29, 1.82) is 0 Å². The minimum absolute atomic E-state index is 0.113. The van der Waals surface area contributed by atoms with Gasteiger partial charge in [0, 0.05) is 6.07 Å². The molecule has 0 spiro atoms. The zero-order valence-electron chi connectivity index (χ0n) is 5.25. The molecule has 2 nitrogen and oxygen atoms in total. The van der Waals surface area contributed by atoms with Crippen molar-refractivity contribution in [2.45, 2.75) is 0 Å². The quantitative estimate of drug-likeness (QED) is 0.641. The van der Waals surface area contributed by atoms with Gasteiger partial charge in [-0.1, -0.05) is 0 Å². The van der Waals surface area contributed by atoms with Gasteiger partial charge >= 0.3 is 0 Å². The van der Waals surface area contributed by atoms with Crippen molar-refractivity contribution in [1.82, 2.24) is 0 Å². The zero-order chi connectivity index (χ0) is 8.27. The molecule has 0 atom stereocenters. The molecule has 5 heteroatoms.